The molecule has 244 valence electrons. The molecule has 3 atom stereocenters. The number of nitrogens with one attached hydrogen (secondary N) is 1. The third-order valence-electron chi connectivity index (χ3n) is 9.87. The topological polar surface area (TPSA) is 137 Å². The molecule has 4 rings (SSSR count). The predicted octanol–water partition coefficient (Wildman–Crippen LogP) is 5.02. The van der Waals surface area contributed by atoms with E-state index in [1.807, 2.05) is 27.7 Å². The lowest BCUT2D eigenvalue weighted by molar-refractivity contribution is -0.248. The Morgan fingerprint density at radius 3 is 1.16 bits per heavy atom. The molecular formula is C33H49N3O8. The molecule has 0 aliphatic carbocycles. The SMILES string of the molecule is CC1(C)CC(C(=O)Oc2cc(OC(=O)C3CC(C)(C)N([O])C3(C)C)cc(OC(=O)C3CC(C)(C)N([O])C3(C)C)c2)C(C)(C)N1. The standard InChI is InChI=1S/C33H49N3O8/c1-28(2)16-22(31(7,8)34-28)25(37)42-19-13-20(43-26(38)23-17-29(3,4)35(40)32(23,9)10)15-21(14-19)44-27(39)24-18-30(5,6)36(41)33(24,11)12/h13-15,22-24,34H,16-18H2,1-12H3. The molecule has 3 fully saturated rings. The molecule has 0 amide bonds. The highest BCUT2D eigenvalue weighted by molar-refractivity contribution is 5.80. The van der Waals surface area contributed by atoms with Crippen molar-refractivity contribution in [2.75, 3.05) is 0 Å². The maximum atomic E-state index is 13.4. The van der Waals surface area contributed by atoms with Crippen LogP contribution in [0.2, 0.25) is 0 Å². The van der Waals surface area contributed by atoms with Crippen LogP contribution in [0.5, 0.6) is 17.2 Å². The molecule has 1 N–H and O–H groups in total. The van der Waals surface area contributed by atoms with Gasteiger partial charge in [-0.15, -0.1) is 20.5 Å². The van der Waals surface area contributed by atoms with E-state index in [2.05, 4.69) is 5.32 Å². The summed E-state index contributed by atoms with van der Waals surface area (Å²) in [6, 6.07) is 4.18. The average molecular weight is 616 g/mol. The van der Waals surface area contributed by atoms with Crippen LogP contribution >= 0.6 is 0 Å². The smallest absolute Gasteiger partial charge is 0.316 e. The number of nitrogens with zero attached hydrogens (tertiary/aromatic N) is 2. The lowest BCUT2D eigenvalue weighted by Crippen LogP contribution is -2.48. The normalized spacial score (nSPS) is 29.7. The molecule has 0 saturated carbocycles. The summed E-state index contributed by atoms with van der Waals surface area (Å²) in [7, 11) is 0. The highest BCUT2D eigenvalue weighted by Gasteiger charge is 2.57. The van der Waals surface area contributed by atoms with Crippen LogP contribution in [-0.4, -0.2) is 61.3 Å². The number of benzene rings is 1. The Bertz CT molecular complexity index is 1260. The van der Waals surface area contributed by atoms with Crippen LogP contribution in [0.1, 0.15) is 102 Å². The van der Waals surface area contributed by atoms with Gasteiger partial charge in [-0.3, -0.25) is 14.4 Å². The largest absolute Gasteiger partial charge is 0.426 e. The van der Waals surface area contributed by atoms with Gasteiger partial charge in [0, 0.05) is 40.4 Å². The number of ether oxygens (including phenoxy) is 3. The maximum Gasteiger partial charge on any atom is 0.316 e. The molecule has 44 heavy (non-hydrogen) atoms. The molecule has 3 saturated heterocycles. The number of carbonyl (C=O) groups is 3. The van der Waals surface area contributed by atoms with E-state index < -0.39 is 63.4 Å². The van der Waals surface area contributed by atoms with Crippen LogP contribution in [0.25, 0.3) is 0 Å². The minimum Gasteiger partial charge on any atom is -0.426 e. The average Bonchev–Trinajstić information content (AvgIpc) is 3.27. The minimum atomic E-state index is -1.02. The number of hydrogen-bond donors (Lipinski definition) is 1. The van der Waals surface area contributed by atoms with Crippen LogP contribution < -0.4 is 19.5 Å². The van der Waals surface area contributed by atoms with E-state index in [9.17, 15) is 24.8 Å². The Morgan fingerprint density at radius 2 is 0.909 bits per heavy atom. The second-order valence-corrected chi connectivity index (χ2v) is 16.4. The predicted molar refractivity (Wildman–Crippen MR) is 160 cm³/mol. The number of carbonyl (C=O) groups excluding carboxylic acids is 3. The van der Waals surface area contributed by atoms with E-state index in [4.69, 9.17) is 14.2 Å². The molecule has 1 aromatic rings. The van der Waals surface area contributed by atoms with Crippen molar-refractivity contribution >= 4 is 17.9 Å². The maximum absolute atomic E-state index is 13.4. The molecule has 3 unspecified atom stereocenters. The lowest BCUT2D eigenvalue weighted by Gasteiger charge is -2.33. The van der Waals surface area contributed by atoms with E-state index >= 15 is 0 Å². The molecule has 3 aliphatic heterocycles. The zero-order valence-electron chi connectivity index (χ0n) is 28.2. The van der Waals surface area contributed by atoms with Crippen molar-refractivity contribution < 1.29 is 39.0 Å². The van der Waals surface area contributed by atoms with Crippen LogP contribution in [0.4, 0.5) is 0 Å². The Labute approximate surface area is 261 Å². The van der Waals surface area contributed by atoms with Crippen molar-refractivity contribution in [1.29, 1.82) is 0 Å². The van der Waals surface area contributed by atoms with Gasteiger partial charge in [0.25, 0.3) is 0 Å². The molecule has 11 nitrogen and oxygen atoms in total. The molecule has 0 bridgehead atoms. The third-order valence-corrected chi connectivity index (χ3v) is 9.87. The van der Waals surface area contributed by atoms with Crippen molar-refractivity contribution in [1.82, 2.24) is 15.4 Å². The van der Waals surface area contributed by atoms with Gasteiger partial charge < -0.3 is 19.5 Å². The Balaban J connectivity index is 1.64. The first-order valence-electron chi connectivity index (χ1n) is 15.3. The summed E-state index contributed by atoms with van der Waals surface area (Å²) in [5, 5.41) is 31.1. The molecule has 3 aliphatic rings. The third kappa shape index (κ3) is 6.26. The fraction of sp³-hybridized carbons (Fsp3) is 0.727. The molecule has 1 aromatic carbocycles. The second kappa shape index (κ2) is 10.8. The molecule has 3 heterocycles. The van der Waals surface area contributed by atoms with E-state index in [1.165, 1.54) is 18.2 Å². The van der Waals surface area contributed by atoms with Gasteiger partial charge >= 0.3 is 17.9 Å². The molecule has 0 aromatic heterocycles. The number of rotatable bonds is 6. The number of hydroxylamine groups is 4. The lowest BCUT2D eigenvalue weighted by atomic mass is 9.87. The van der Waals surface area contributed by atoms with Gasteiger partial charge in [0.1, 0.15) is 17.2 Å². The van der Waals surface area contributed by atoms with Crippen LogP contribution in [0.15, 0.2) is 18.2 Å². The zero-order valence-corrected chi connectivity index (χ0v) is 28.2. The quantitative estimate of drug-likeness (QED) is 0.345. The molecular weight excluding hydrogens is 566 g/mol. The van der Waals surface area contributed by atoms with Crippen molar-refractivity contribution in [3.8, 4) is 17.2 Å². The van der Waals surface area contributed by atoms with E-state index in [0.717, 1.165) is 10.1 Å². The highest BCUT2D eigenvalue weighted by atomic mass is 16.6. The minimum absolute atomic E-state index is 0.00153. The van der Waals surface area contributed by atoms with Crippen molar-refractivity contribution in [3.05, 3.63) is 18.2 Å². The number of hydrogen-bond acceptors (Lipinski definition) is 9. The Kier molecular flexibility index (Phi) is 8.39. The molecule has 2 radical (unpaired) electrons. The van der Waals surface area contributed by atoms with E-state index in [0.29, 0.717) is 6.42 Å². The van der Waals surface area contributed by atoms with Gasteiger partial charge in [-0.05, 0) is 102 Å². The van der Waals surface area contributed by atoms with Crippen LogP contribution in [0.3, 0.4) is 0 Å². The number of esters is 3. The van der Waals surface area contributed by atoms with E-state index in [-0.39, 0.29) is 35.6 Å². The Morgan fingerprint density at radius 1 is 0.591 bits per heavy atom. The van der Waals surface area contributed by atoms with Gasteiger partial charge in [0.2, 0.25) is 0 Å². The van der Waals surface area contributed by atoms with Crippen molar-refractivity contribution in [2.24, 2.45) is 17.8 Å². The summed E-state index contributed by atoms with van der Waals surface area (Å²) >= 11 is 0. The summed E-state index contributed by atoms with van der Waals surface area (Å²) in [5.41, 5.74) is -4.37. The van der Waals surface area contributed by atoms with Crippen LogP contribution in [0, 0.1) is 17.8 Å². The van der Waals surface area contributed by atoms with Gasteiger partial charge in [-0.25, -0.2) is 0 Å². The van der Waals surface area contributed by atoms with Gasteiger partial charge in [0.05, 0.1) is 28.8 Å². The van der Waals surface area contributed by atoms with Gasteiger partial charge in [0.15, 0.2) is 0 Å². The van der Waals surface area contributed by atoms with E-state index in [1.54, 1.807) is 55.4 Å². The van der Waals surface area contributed by atoms with Gasteiger partial charge in [-0.1, -0.05) is 0 Å². The fourth-order valence-corrected chi connectivity index (χ4v) is 7.69. The Hall–Kier alpha value is -2.57. The highest BCUT2D eigenvalue weighted by Crippen LogP contribution is 2.46. The first-order chi connectivity index (χ1) is 19.8. The van der Waals surface area contributed by atoms with Crippen molar-refractivity contribution in [2.45, 2.75) is 136 Å². The summed E-state index contributed by atoms with van der Waals surface area (Å²) in [6.07, 6.45) is 1.12. The van der Waals surface area contributed by atoms with Crippen molar-refractivity contribution in [3.63, 3.8) is 0 Å². The first kappa shape index (κ1) is 34.3. The first-order valence-corrected chi connectivity index (χ1v) is 15.3. The fourth-order valence-electron chi connectivity index (χ4n) is 7.69. The molecule has 11 heteroatoms. The summed E-state index contributed by atoms with van der Waals surface area (Å²) in [4.78, 5) is 40.3. The van der Waals surface area contributed by atoms with Crippen LogP contribution in [-0.2, 0) is 24.8 Å². The summed E-state index contributed by atoms with van der Waals surface area (Å²) in [6.45, 7) is 21.8. The second-order valence-electron chi connectivity index (χ2n) is 16.4. The monoisotopic (exact) mass is 615 g/mol. The molecule has 0 spiro atoms. The summed E-state index contributed by atoms with van der Waals surface area (Å²) < 4.78 is 17.4. The summed E-state index contributed by atoms with van der Waals surface area (Å²) in [5.74, 6) is -3.61. The van der Waals surface area contributed by atoms with Gasteiger partial charge in [-0.2, -0.15) is 0 Å². The zero-order chi connectivity index (χ0) is 33.4.